The molecule has 3 saturated heterocycles. The number of fused-ring (bicyclic) bond motifs is 6. The summed E-state index contributed by atoms with van der Waals surface area (Å²) >= 11 is 0. The van der Waals surface area contributed by atoms with Gasteiger partial charge in [-0.2, -0.15) is 0 Å². The SMILES string of the molecule is CC(=O)O[C@@H]1C[C@@]23C[C@@]24CC[C@H](O)C(C)(C)[C@@H]4CC=C3[C@]2(C)C[C@@H]3O[C@]4(C[C@@H](C)[C@@H]3[C@@]12C)O[C@H](O)C1(C)O[C@H]14. The van der Waals surface area contributed by atoms with E-state index in [1.54, 1.807) is 12.5 Å². The normalized spacial score (nSPS) is 63.1. The van der Waals surface area contributed by atoms with E-state index < -0.39 is 17.7 Å². The zero-order valence-corrected chi connectivity index (χ0v) is 24.6. The van der Waals surface area contributed by atoms with Crippen LogP contribution in [0, 0.1) is 44.8 Å². The second-order valence-corrected chi connectivity index (χ2v) is 16.1. The molecule has 1 unspecified atom stereocenters. The first kappa shape index (κ1) is 25.7. The Labute approximate surface area is 232 Å². The number of ether oxygens (including phenoxy) is 4. The van der Waals surface area contributed by atoms with Crippen LogP contribution >= 0.6 is 0 Å². The molecule has 0 radical (unpaired) electrons. The van der Waals surface area contributed by atoms with E-state index >= 15 is 0 Å². The summed E-state index contributed by atoms with van der Waals surface area (Å²) in [6, 6.07) is 0. The van der Waals surface area contributed by atoms with E-state index in [1.165, 1.54) is 0 Å². The molecule has 7 fully saturated rings. The van der Waals surface area contributed by atoms with Crippen LogP contribution in [0.3, 0.4) is 0 Å². The Bertz CT molecular complexity index is 1200. The Morgan fingerprint density at radius 1 is 1.05 bits per heavy atom. The molecule has 3 heterocycles. The molecule has 7 nitrogen and oxygen atoms in total. The van der Waals surface area contributed by atoms with Gasteiger partial charge in [-0.25, -0.2) is 0 Å². The van der Waals surface area contributed by atoms with Gasteiger partial charge in [0.15, 0.2) is 6.29 Å². The third-order valence-corrected chi connectivity index (χ3v) is 14.4. The molecule has 39 heavy (non-hydrogen) atoms. The number of allylic oxidation sites excluding steroid dienone is 2. The van der Waals surface area contributed by atoms with E-state index in [0.717, 1.165) is 38.5 Å². The van der Waals surface area contributed by atoms with Gasteiger partial charge >= 0.3 is 5.97 Å². The Morgan fingerprint density at radius 3 is 2.44 bits per heavy atom. The Hall–Kier alpha value is -0.990. The van der Waals surface area contributed by atoms with Gasteiger partial charge in [0.2, 0.25) is 5.79 Å². The van der Waals surface area contributed by atoms with E-state index in [0.29, 0.717) is 12.3 Å². The van der Waals surface area contributed by atoms with Crippen molar-refractivity contribution in [2.75, 3.05) is 0 Å². The summed E-state index contributed by atoms with van der Waals surface area (Å²) in [5, 5.41) is 21.6. The lowest BCUT2D eigenvalue weighted by molar-refractivity contribution is -0.345. The number of carbonyl (C=O) groups excluding carboxylic acids is 1. The molecule has 7 heteroatoms. The molecule has 8 aliphatic rings. The average Bonchev–Trinajstić information content (AvgIpc) is 3.67. The monoisotopic (exact) mass is 542 g/mol. The second-order valence-electron chi connectivity index (χ2n) is 16.1. The van der Waals surface area contributed by atoms with Crippen LogP contribution in [0.1, 0.15) is 93.4 Å². The van der Waals surface area contributed by atoms with Gasteiger partial charge in [0.1, 0.15) is 17.8 Å². The highest BCUT2D eigenvalue weighted by atomic mass is 16.8. The van der Waals surface area contributed by atoms with Crippen molar-refractivity contribution in [1.82, 2.24) is 0 Å². The molecule has 3 spiro atoms. The van der Waals surface area contributed by atoms with Crippen molar-refractivity contribution in [3.05, 3.63) is 11.6 Å². The van der Waals surface area contributed by atoms with E-state index in [2.05, 4.69) is 40.7 Å². The number of aliphatic hydroxyl groups excluding tert-OH is 2. The molecule has 0 amide bonds. The number of carbonyl (C=O) groups is 1. The molecular formula is C32H46O7. The summed E-state index contributed by atoms with van der Waals surface area (Å²) in [6.07, 6.45) is 7.18. The fourth-order valence-electron chi connectivity index (χ4n) is 12.5. The topological polar surface area (TPSA) is 97.8 Å². The van der Waals surface area contributed by atoms with Gasteiger partial charge in [-0.3, -0.25) is 4.79 Å². The predicted molar refractivity (Wildman–Crippen MR) is 141 cm³/mol. The summed E-state index contributed by atoms with van der Waals surface area (Å²) in [4.78, 5) is 12.7. The number of epoxide rings is 1. The minimum atomic E-state index is -0.979. The van der Waals surface area contributed by atoms with Crippen LogP contribution in [0.5, 0.6) is 0 Å². The molecule has 8 rings (SSSR count). The molecule has 0 aromatic carbocycles. The van der Waals surface area contributed by atoms with Crippen molar-refractivity contribution in [2.24, 2.45) is 44.8 Å². The molecule has 0 bridgehead atoms. The highest BCUT2D eigenvalue weighted by Gasteiger charge is 2.85. The quantitative estimate of drug-likeness (QED) is 0.286. The zero-order valence-electron chi connectivity index (χ0n) is 24.6. The Kier molecular flexibility index (Phi) is 4.59. The summed E-state index contributed by atoms with van der Waals surface area (Å²) in [5.74, 6) is -0.249. The molecule has 4 saturated carbocycles. The number of hydrogen-bond acceptors (Lipinski definition) is 7. The summed E-state index contributed by atoms with van der Waals surface area (Å²) < 4.78 is 25.5. The van der Waals surface area contributed by atoms with E-state index in [9.17, 15) is 15.0 Å². The lowest BCUT2D eigenvalue weighted by Crippen LogP contribution is -2.61. The second kappa shape index (κ2) is 6.96. The molecule has 3 aliphatic heterocycles. The van der Waals surface area contributed by atoms with Crippen LogP contribution < -0.4 is 0 Å². The largest absolute Gasteiger partial charge is 0.462 e. The van der Waals surface area contributed by atoms with Crippen LogP contribution in [-0.2, 0) is 23.7 Å². The Balaban J connectivity index is 1.23. The summed E-state index contributed by atoms with van der Waals surface area (Å²) in [5.41, 5.74) is 0.472. The molecule has 0 aromatic rings. The van der Waals surface area contributed by atoms with Crippen molar-refractivity contribution in [1.29, 1.82) is 0 Å². The molecule has 2 N–H and O–H groups in total. The molecule has 14 atom stereocenters. The smallest absolute Gasteiger partial charge is 0.302 e. The number of rotatable bonds is 1. The Morgan fingerprint density at radius 2 is 1.79 bits per heavy atom. The minimum Gasteiger partial charge on any atom is -0.462 e. The fraction of sp³-hybridized carbons (Fsp3) is 0.906. The molecule has 0 aromatic heterocycles. The van der Waals surface area contributed by atoms with Crippen molar-refractivity contribution < 1.29 is 34.0 Å². The maximum Gasteiger partial charge on any atom is 0.302 e. The van der Waals surface area contributed by atoms with Gasteiger partial charge in [-0.05, 0) is 74.0 Å². The molecular weight excluding hydrogens is 496 g/mol. The highest BCUT2D eigenvalue weighted by Crippen LogP contribution is 2.88. The number of hydrogen-bond donors (Lipinski definition) is 2. The van der Waals surface area contributed by atoms with Gasteiger partial charge in [0.25, 0.3) is 0 Å². The standard InChI is InChI=1S/C32H46O7/c1-16-12-32(24-29(7,38-24)25(35)39-32)37-18-13-27(5)20-9-8-19-26(3,4)21(34)10-11-30(19)15-31(20,30)14-22(36-17(2)33)28(27,6)23(16)18/h9,16,18-19,21-25,34-35H,8,10-15H2,1-7H3/t16-,18+,19+,21+,22-,23+,24-,25+,27+,28-,29?,30-,31+,32-/m1/s1. The van der Waals surface area contributed by atoms with Crippen LogP contribution in [-0.4, -0.2) is 58.3 Å². The van der Waals surface area contributed by atoms with Gasteiger partial charge in [-0.1, -0.05) is 46.3 Å². The van der Waals surface area contributed by atoms with E-state index in [-0.39, 0.29) is 69.3 Å². The average molecular weight is 543 g/mol. The van der Waals surface area contributed by atoms with Crippen molar-refractivity contribution >= 4 is 5.97 Å². The van der Waals surface area contributed by atoms with Crippen LogP contribution in [0.15, 0.2) is 11.6 Å². The summed E-state index contributed by atoms with van der Waals surface area (Å²) in [7, 11) is 0. The van der Waals surface area contributed by atoms with E-state index in [1.807, 2.05) is 6.92 Å². The fourth-order valence-corrected chi connectivity index (χ4v) is 12.5. The zero-order chi connectivity index (χ0) is 27.8. The van der Waals surface area contributed by atoms with Crippen LogP contribution in [0.2, 0.25) is 0 Å². The molecule has 5 aliphatic carbocycles. The van der Waals surface area contributed by atoms with Crippen molar-refractivity contribution in [2.45, 2.75) is 136 Å². The van der Waals surface area contributed by atoms with Gasteiger partial charge in [0.05, 0.1) is 12.2 Å². The van der Waals surface area contributed by atoms with Gasteiger partial charge in [0, 0.05) is 29.6 Å². The third-order valence-electron chi connectivity index (χ3n) is 14.4. The predicted octanol–water partition coefficient (Wildman–Crippen LogP) is 4.49. The lowest BCUT2D eigenvalue weighted by atomic mass is 9.44. The van der Waals surface area contributed by atoms with Crippen LogP contribution in [0.4, 0.5) is 0 Å². The highest BCUT2D eigenvalue weighted by molar-refractivity contribution is 5.66. The summed E-state index contributed by atoms with van der Waals surface area (Å²) in [6.45, 7) is 15.1. The van der Waals surface area contributed by atoms with Gasteiger partial charge in [-0.15, -0.1) is 0 Å². The van der Waals surface area contributed by atoms with E-state index in [4.69, 9.17) is 18.9 Å². The first-order valence-electron chi connectivity index (χ1n) is 15.4. The first-order chi connectivity index (χ1) is 18.1. The minimum absolute atomic E-state index is 0.0222. The number of esters is 1. The third kappa shape index (κ3) is 2.60. The maximum absolute atomic E-state index is 12.7. The van der Waals surface area contributed by atoms with Crippen LogP contribution in [0.25, 0.3) is 0 Å². The number of aliphatic hydroxyl groups is 2. The van der Waals surface area contributed by atoms with Crippen molar-refractivity contribution in [3.63, 3.8) is 0 Å². The lowest BCUT2D eigenvalue weighted by Gasteiger charge is -2.62. The van der Waals surface area contributed by atoms with Crippen molar-refractivity contribution in [3.8, 4) is 0 Å². The maximum atomic E-state index is 12.7. The van der Waals surface area contributed by atoms with Gasteiger partial charge < -0.3 is 29.2 Å². The molecule has 216 valence electrons. The first-order valence-corrected chi connectivity index (χ1v) is 15.4.